The molecule has 0 atom stereocenters. The zero-order valence-corrected chi connectivity index (χ0v) is 29.8. The van der Waals surface area contributed by atoms with Crippen LogP contribution in [0.25, 0.3) is 108 Å². The minimum atomic E-state index is 1.01. The lowest BCUT2D eigenvalue weighted by Crippen LogP contribution is -2.31. The largest absolute Gasteiger partial charge is 0.256 e. The first-order valence-electron chi connectivity index (χ1n) is 17.8. The molecular formula is C48H30N2S2. The van der Waals surface area contributed by atoms with Gasteiger partial charge in [0, 0.05) is 59.2 Å². The number of hydrogen-bond acceptors (Lipinski definition) is 4. The van der Waals surface area contributed by atoms with E-state index >= 15 is 0 Å². The molecule has 0 unspecified atom stereocenters. The Bertz CT molecular complexity index is 3170. The van der Waals surface area contributed by atoms with Gasteiger partial charge in [-0.15, -0.1) is 22.7 Å². The van der Waals surface area contributed by atoms with E-state index in [2.05, 4.69) is 146 Å². The third-order valence-corrected chi connectivity index (χ3v) is 13.0. The number of benzene rings is 6. The molecule has 0 spiro atoms. The van der Waals surface area contributed by atoms with Crippen LogP contribution in [0.2, 0.25) is 0 Å². The standard InChI is InChI=1S/C48H30N2S2/c1-3-13-37-35(11-1)45(30-19-17-29(18-20-30)41-27-44-40(28-50-41)34-10-6-7-15-42(34)51-44)36-12-2-4-14-38(36)46(37)31-21-23-32(24-22-31)47-48-39(25-26-49-47)33-9-5-8-16-43(33)52-48/h1,3,5-28H,2,4H2. The van der Waals surface area contributed by atoms with Crippen LogP contribution < -0.4 is 10.4 Å². The Labute approximate surface area is 308 Å². The summed E-state index contributed by atoms with van der Waals surface area (Å²) in [6.07, 6.45) is 11.0. The molecule has 11 rings (SSSR count). The van der Waals surface area contributed by atoms with Crippen molar-refractivity contribution in [3.05, 3.63) is 156 Å². The number of thiophene rings is 2. The number of aromatic nitrogens is 2. The molecule has 0 saturated carbocycles. The van der Waals surface area contributed by atoms with Gasteiger partial charge in [-0.2, -0.15) is 0 Å². The molecule has 6 aromatic carbocycles. The van der Waals surface area contributed by atoms with Crippen LogP contribution in [0.1, 0.15) is 12.8 Å². The van der Waals surface area contributed by atoms with E-state index in [0.717, 1.165) is 35.4 Å². The molecule has 0 fully saturated rings. The lowest BCUT2D eigenvalue weighted by molar-refractivity contribution is 1.12. The highest BCUT2D eigenvalue weighted by atomic mass is 32.1. The van der Waals surface area contributed by atoms with Crippen molar-refractivity contribution < 1.29 is 0 Å². The van der Waals surface area contributed by atoms with E-state index in [9.17, 15) is 0 Å². The molecule has 2 nitrogen and oxygen atoms in total. The molecule has 0 radical (unpaired) electrons. The van der Waals surface area contributed by atoms with Crippen molar-refractivity contribution in [3.63, 3.8) is 0 Å². The van der Waals surface area contributed by atoms with Gasteiger partial charge in [0.1, 0.15) is 0 Å². The van der Waals surface area contributed by atoms with Gasteiger partial charge in [0.15, 0.2) is 0 Å². The minimum Gasteiger partial charge on any atom is -0.256 e. The first-order valence-corrected chi connectivity index (χ1v) is 19.4. The van der Waals surface area contributed by atoms with Gasteiger partial charge in [-0.1, -0.05) is 121 Å². The molecule has 244 valence electrons. The van der Waals surface area contributed by atoms with Gasteiger partial charge in [0.05, 0.1) is 16.1 Å². The average Bonchev–Trinajstić information content (AvgIpc) is 3.78. The second-order valence-corrected chi connectivity index (χ2v) is 15.7. The van der Waals surface area contributed by atoms with E-state index in [1.807, 2.05) is 35.1 Å². The zero-order valence-electron chi connectivity index (χ0n) is 28.1. The van der Waals surface area contributed by atoms with E-state index < -0.39 is 0 Å². The summed E-state index contributed by atoms with van der Waals surface area (Å²) in [5.41, 5.74) is 9.42. The molecule has 0 aliphatic heterocycles. The zero-order chi connectivity index (χ0) is 34.2. The van der Waals surface area contributed by atoms with Crippen molar-refractivity contribution in [2.75, 3.05) is 0 Å². The van der Waals surface area contributed by atoms with Crippen LogP contribution in [0.5, 0.6) is 0 Å². The van der Waals surface area contributed by atoms with E-state index in [1.54, 1.807) is 0 Å². The normalized spacial score (nSPS) is 12.8. The van der Waals surface area contributed by atoms with Crippen LogP contribution in [0, 0.1) is 0 Å². The maximum absolute atomic E-state index is 4.91. The highest BCUT2D eigenvalue weighted by Gasteiger charge is 2.18. The predicted octanol–water partition coefficient (Wildman–Crippen LogP) is 12.4. The maximum atomic E-state index is 4.91. The maximum Gasteiger partial charge on any atom is 0.0880 e. The lowest BCUT2D eigenvalue weighted by Gasteiger charge is -2.18. The fraction of sp³-hybridized carbons (Fsp3) is 0.0417. The van der Waals surface area contributed by atoms with Crippen LogP contribution in [0.3, 0.4) is 0 Å². The molecule has 1 aliphatic carbocycles. The molecule has 52 heavy (non-hydrogen) atoms. The van der Waals surface area contributed by atoms with Crippen molar-refractivity contribution in [1.82, 2.24) is 9.97 Å². The van der Waals surface area contributed by atoms with Crippen molar-refractivity contribution in [3.8, 4) is 44.8 Å². The fourth-order valence-corrected chi connectivity index (χ4v) is 10.5. The lowest BCUT2D eigenvalue weighted by atomic mass is 9.86. The van der Waals surface area contributed by atoms with Crippen molar-refractivity contribution in [2.45, 2.75) is 12.8 Å². The molecule has 0 saturated heterocycles. The van der Waals surface area contributed by atoms with E-state index in [4.69, 9.17) is 9.97 Å². The summed E-state index contributed by atoms with van der Waals surface area (Å²) < 4.78 is 5.12. The summed E-state index contributed by atoms with van der Waals surface area (Å²) in [5, 5.41) is 10.3. The number of pyridine rings is 2. The van der Waals surface area contributed by atoms with Crippen LogP contribution in [-0.2, 0) is 0 Å². The Morgan fingerprint density at radius 2 is 0.962 bits per heavy atom. The van der Waals surface area contributed by atoms with Gasteiger partial charge in [0.2, 0.25) is 0 Å². The third kappa shape index (κ3) is 4.61. The molecule has 0 bridgehead atoms. The van der Waals surface area contributed by atoms with Crippen molar-refractivity contribution in [1.29, 1.82) is 0 Å². The summed E-state index contributed by atoms with van der Waals surface area (Å²) in [5.74, 6) is 0. The summed E-state index contributed by atoms with van der Waals surface area (Å²) in [6.45, 7) is 0. The first kappa shape index (κ1) is 29.8. The number of fused-ring (bicyclic) bond motifs is 8. The highest BCUT2D eigenvalue weighted by molar-refractivity contribution is 7.26. The summed E-state index contributed by atoms with van der Waals surface area (Å²) in [4.78, 5) is 9.79. The van der Waals surface area contributed by atoms with Gasteiger partial charge in [-0.05, 0) is 80.6 Å². The minimum absolute atomic E-state index is 1.01. The van der Waals surface area contributed by atoms with Gasteiger partial charge in [0.25, 0.3) is 0 Å². The highest BCUT2D eigenvalue weighted by Crippen LogP contribution is 2.40. The fourth-order valence-electron chi connectivity index (χ4n) is 8.22. The molecular weight excluding hydrogens is 669 g/mol. The molecule has 1 aliphatic rings. The Hall–Kier alpha value is -5.94. The Morgan fingerprint density at radius 3 is 1.62 bits per heavy atom. The molecule has 4 heteroatoms. The molecule has 4 heterocycles. The SMILES string of the molecule is C1=c2c(-c3ccc(-c4cc5sc6ccccc6c5cn4)cc3)c3ccccc3c(-c3ccc(-c4nccc5c4sc4ccccc45)cc3)c2=CCC1. The van der Waals surface area contributed by atoms with E-state index in [-0.39, 0.29) is 0 Å². The third-order valence-electron chi connectivity index (χ3n) is 10.6. The quantitative estimate of drug-likeness (QED) is 0.183. The van der Waals surface area contributed by atoms with Gasteiger partial charge >= 0.3 is 0 Å². The topological polar surface area (TPSA) is 25.8 Å². The van der Waals surface area contributed by atoms with Gasteiger partial charge in [-0.3, -0.25) is 9.97 Å². The summed E-state index contributed by atoms with van der Waals surface area (Å²) >= 11 is 3.67. The van der Waals surface area contributed by atoms with Crippen molar-refractivity contribution in [2.24, 2.45) is 0 Å². The number of nitrogens with zero attached hydrogens (tertiary/aromatic N) is 2. The second-order valence-electron chi connectivity index (χ2n) is 13.6. The molecule has 0 N–H and O–H groups in total. The second kappa shape index (κ2) is 11.8. The smallest absolute Gasteiger partial charge is 0.0880 e. The van der Waals surface area contributed by atoms with Crippen LogP contribution in [-0.4, -0.2) is 9.97 Å². The molecule has 4 aromatic heterocycles. The molecule has 10 aromatic rings. The van der Waals surface area contributed by atoms with Crippen LogP contribution in [0.4, 0.5) is 0 Å². The average molecular weight is 699 g/mol. The summed E-state index contributed by atoms with van der Waals surface area (Å²) in [7, 11) is 0. The number of hydrogen-bond donors (Lipinski definition) is 0. The summed E-state index contributed by atoms with van der Waals surface area (Å²) in [6, 6.07) is 48.7. The Balaban J connectivity index is 1.02. The van der Waals surface area contributed by atoms with Gasteiger partial charge in [-0.25, -0.2) is 0 Å². The monoisotopic (exact) mass is 698 g/mol. The predicted molar refractivity (Wildman–Crippen MR) is 224 cm³/mol. The van der Waals surface area contributed by atoms with E-state index in [1.165, 1.54) is 83.8 Å². The Morgan fingerprint density at radius 1 is 0.423 bits per heavy atom. The molecule has 0 amide bonds. The number of rotatable bonds is 4. The van der Waals surface area contributed by atoms with Gasteiger partial charge < -0.3 is 0 Å². The van der Waals surface area contributed by atoms with Crippen LogP contribution >= 0.6 is 22.7 Å². The van der Waals surface area contributed by atoms with E-state index in [0.29, 0.717) is 0 Å². The Kier molecular flexibility index (Phi) is 6.76. The first-order chi connectivity index (χ1) is 25.8. The van der Waals surface area contributed by atoms with Crippen molar-refractivity contribution >= 4 is 85.9 Å². The van der Waals surface area contributed by atoms with Crippen LogP contribution in [0.15, 0.2) is 146 Å².